The first kappa shape index (κ1) is 26.1. The third-order valence-corrected chi connectivity index (χ3v) is 4.63. The lowest BCUT2D eigenvalue weighted by Crippen LogP contribution is -2.38. The topological polar surface area (TPSA) is 72.7 Å². The molecule has 1 aromatic heterocycles. The van der Waals surface area contributed by atoms with Gasteiger partial charge in [0, 0.05) is 32.4 Å². The molecule has 0 radical (unpaired) electrons. The van der Waals surface area contributed by atoms with Crippen molar-refractivity contribution in [3.63, 3.8) is 0 Å². The van der Waals surface area contributed by atoms with Crippen molar-refractivity contribution in [1.82, 2.24) is 20.4 Å². The van der Waals surface area contributed by atoms with Gasteiger partial charge in [-0.1, -0.05) is 6.07 Å². The Morgan fingerprint density at radius 3 is 2.43 bits per heavy atom. The number of halogens is 1. The van der Waals surface area contributed by atoms with Gasteiger partial charge in [0.1, 0.15) is 0 Å². The lowest BCUT2D eigenvalue weighted by molar-refractivity contribution is 0.310. The Bertz CT molecular complexity index is 792. The Kier molecular flexibility index (Phi) is 12.3. The highest BCUT2D eigenvalue weighted by Crippen LogP contribution is 2.28. The van der Waals surface area contributed by atoms with Gasteiger partial charge in [0.15, 0.2) is 17.5 Å². The summed E-state index contributed by atoms with van der Waals surface area (Å²) in [5.74, 6) is 2.42. The molecule has 0 aliphatic carbocycles. The highest BCUT2D eigenvalue weighted by Gasteiger charge is 2.06. The fourth-order valence-electron chi connectivity index (χ4n) is 3.20. The molecule has 7 nitrogen and oxygen atoms in total. The maximum Gasteiger partial charge on any atom is 0.190 e. The van der Waals surface area contributed by atoms with Crippen molar-refractivity contribution >= 4 is 29.9 Å². The van der Waals surface area contributed by atoms with E-state index in [0.29, 0.717) is 6.61 Å². The largest absolute Gasteiger partial charge is 0.493 e. The summed E-state index contributed by atoms with van der Waals surface area (Å²) in [6.45, 7) is 9.34. The molecular formula is C22H36IN5O2. The second-order valence-electron chi connectivity index (χ2n) is 6.95. The predicted molar refractivity (Wildman–Crippen MR) is 134 cm³/mol. The zero-order chi connectivity index (χ0) is 21.1. The van der Waals surface area contributed by atoms with Gasteiger partial charge < -0.3 is 20.1 Å². The monoisotopic (exact) mass is 529 g/mol. The minimum Gasteiger partial charge on any atom is -0.493 e. The van der Waals surface area contributed by atoms with Crippen molar-refractivity contribution in [2.45, 2.75) is 46.6 Å². The molecule has 0 saturated heterocycles. The van der Waals surface area contributed by atoms with Crippen LogP contribution in [0.25, 0.3) is 0 Å². The molecule has 2 aromatic rings. The number of methoxy groups -OCH3 is 1. The maximum absolute atomic E-state index is 5.65. The van der Waals surface area contributed by atoms with Crippen LogP contribution in [-0.2, 0) is 13.0 Å². The molecule has 0 aliphatic rings. The van der Waals surface area contributed by atoms with E-state index in [2.05, 4.69) is 50.5 Å². The molecule has 0 saturated carbocycles. The number of nitrogens with one attached hydrogen (secondary N) is 2. The van der Waals surface area contributed by atoms with Crippen molar-refractivity contribution in [3.8, 4) is 11.5 Å². The number of guanidine groups is 1. The first-order chi connectivity index (χ1) is 14.1. The summed E-state index contributed by atoms with van der Waals surface area (Å²) in [6.07, 6.45) is 2.96. The Morgan fingerprint density at radius 1 is 1.10 bits per heavy atom. The zero-order valence-electron chi connectivity index (χ0n) is 18.8. The SMILES string of the molecule is CCOc1cc(CCCNC(=NC)NCCCn2nc(C)cc2C)ccc1OC.I. The molecule has 0 bridgehead atoms. The number of aliphatic imine (C=N–C) groups is 1. The Labute approximate surface area is 197 Å². The number of hydrogen-bond acceptors (Lipinski definition) is 4. The third-order valence-electron chi connectivity index (χ3n) is 4.63. The van der Waals surface area contributed by atoms with Gasteiger partial charge in [-0.05, 0) is 63.8 Å². The minimum atomic E-state index is 0. The van der Waals surface area contributed by atoms with Crippen LogP contribution in [0, 0.1) is 13.8 Å². The van der Waals surface area contributed by atoms with Gasteiger partial charge in [0.25, 0.3) is 0 Å². The second-order valence-corrected chi connectivity index (χ2v) is 6.95. The quantitative estimate of drug-likeness (QED) is 0.201. The summed E-state index contributed by atoms with van der Waals surface area (Å²) in [5.41, 5.74) is 3.51. The highest BCUT2D eigenvalue weighted by atomic mass is 127. The predicted octanol–water partition coefficient (Wildman–Crippen LogP) is 3.71. The van der Waals surface area contributed by atoms with Gasteiger partial charge in [-0.3, -0.25) is 9.67 Å². The molecule has 2 rings (SSSR count). The van der Waals surface area contributed by atoms with Crippen LogP contribution >= 0.6 is 24.0 Å². The van der Waals surface area contributed by atoms with E-state index in [9.17, 15) is 0 Å². The lowest BCUT2D eigenvalue weighted by atomic mass is 10.1. The molecule has 1 heterocycles. The number of ether oxygens (including phenoxy) is 2. The molecule has 1 aromatic carbocycles. The fraction of sp³-hybridized carbons (Fsp3) is 0.545. The molecule has 0 amide bonds. The minimum absolute atomic E-state index is 0. The van der Waals surface area contributed by atoms with Gasteiger partial charge >= 0.3 is 0 Å². The summed E-state index contributed by atoms with van der Waals surface area (Å²) < 4.78 is 13.0. The number of hydrogen-bond donors (Lipinski definition) is 2. The summed E-state index contributed by atoms with van der Waals surface area (Å²) in [5, 5.41) is 11.2. The van der Waals surface area contributed by atoms with Crippen LogP contribution in [0.15, 0.2) is 29.3 Å². The number of benzene rings is 1. The van der Waals surface area contributed by atoms with Crippen LogP contribution in [0.1, 0.15) is 36.7 Å². The van der Waals surface area contributed by atoms with Crippen LogP contribution in [-0.4, -0.2) is 49.6 Å². The first-order valence-electron chi connectivity index (χ1n) is 10.3. The average molecular weight is 529 g/mol. The number of aryl methyl sites for hydroxylation is 4. The molecule has 30 heavy (non-hydrogen) atoms. The molecule has 0 atom stereocenters. The molecule has 0 aliphatic heterocycles. The number of aromatic nitrogens is 2. The lowest BCUT2D eigenvalue weighted by Gasteiger charge is -2.13. The van der Waals surface area contributed by atoms with E-state index in [4.69, 9.17) is 9.47 Å². The van der Waals surface area contributed by atoms with Crippen molar-refractivity contribution in [2.75, 3.05) is 33.9 Å². The smallest absolute Gasteiger partial charge is 0.190 e. The number of rotatable bonds is 11. The average Bonchev–Trinajstić information content (AvgIpc) is 3.04. The van der Waals surface area contributed by atoms with Crippen LogP contribution < -0.4 is 20.1 Å². The summed E-state index contributed by atoms with van der Waals surface area (Å²) in [4.78, 5) is 4.30. The van der Waals surface area contributed by atoms with Crippen LogP contribution in [0.4, 0.5) is 0 Å². The number of nitrogens with zero attached hydrogens (tertiary/aromatic N) is 3. The van der Waals surface area contributed by atoms with Crippen LogP contribution in [0.2, 0.25) is 0 Å². The Hall–Kier alpha value is -1.97. The van der Waals surface area contributed by atoms with Gasteiger partial charge in [-0.2, -0.15) is 5.10 Å². The third kappa shape index (κ3) is 8.41. The molecule has 0 unspecified atom stereocenters. The second kappa shape index (κ2) is 14.1. The van der Waals surface area contributed by atoms with E-state index in [0.717, 1.165) is 62.0 Å². The van der Waals surface area contributed by atoms with Crippen LogP contribution in [0.3, 0.4) is 0 Å². The zero-order valence-corrected chi connectivity index (χ0v) is 21.2. The van der Waals surface area contributed by atoms with E-state index in [-0.39, 0.29) is 24.0 Å². The highest BCUT2D eigenvalue weighted by molar-refractivity contribution is 14.0. The summed E-state index contributed by atoms with van der Waals surface area (Å²) in [7, 11) is 3.46. The van der Waals surface area contributed by atoms with Gasteiger partial charge in [-0.25, -0.2) is 0 Å². The standard InChI is InChI=1S/C22H35N5O2.HI/c1-6-29-21-16-19(10-11-20(21)28-5)9-7-12-24-22(23-4)25-13-8-14-27-18(3)15-17(2)26-27;/h10-11,15-16H,6-9,12-14H2,1-5H3,(H2,23,24,25);1H. The Morgan fingerprint density at radius 2 is 1.83 bits per heavy atom. The van der Waals surface area contributed by atoms with E-state index in [1.807, 2.05) is 19.9 Å². The van der Waals surface area contributed by atoms with E-state index < -0.39 is 0 Å². The summed E-state index contributed by atoms with van der Waals surface area (Å²) >= 11 is 0. The van der Waals surface area contributed by atoms with Crippen molar-refractivity contribution in [3.05, 3.63) is 41.2 Å². The van der Waals surface area contributed by atoms with E-state index in [1.165, 1.54) is 11.3 Å². The fourth-order valence-corrected chi connectivity index (χ4v) is 3.20. The molecule has 0 spiro atoms. The maximum atomic E-state index is 5.65. The Balaban J connectivity index is 0.00000450. The van der Waals surface area contributed by atoms with E-state index >= 15 is 0 Å². The van der Waals surface area contributed by atoms with E-state index in [1.54, 1.807) is 14.2 Å². The van der Waals surface area contributed by atoms with Crippen molar-refractivity contribution < 1.29 is 9.47 Å². The van der Waals surface area contributed by atoms with Crippen molar-refractivity contribution in [2.24, 2.45) is 4.99 Å². The van der Waals surface area contributed by atoms with Gasteiger partial charge in [0.2, 0.25) is 0 Å². The van der Waals surface area contributed by atoms with Gasteiger partial charge in [-0.15, -0.1) is 24.0 Å². The van der Waals surface area contributed by atoms with Crippen molar-refractivity contribution in [1.29, 1.82) is 0 Å². The molecule has 8 heteroatoms. The molecule has 2 N–H and O–H groups in total. The van der Waals surface area contributed by atoms with Crippen LogP contribution in [0.5, 0.6) is 11.5 Å². The first-order valence-corrected chi connectivity index (χ1v) is 10.3. The molecule has 168 valence electrons. The van der Waals surface area contributed by atoms with Gasteiger partial charge in [0.05, 0.1) is 19.4 Å². The molecular weight excluding hydrogens is 493 g/mol. The normalized spacial score (nSPS) is 11.0. The summed E-state index contributed by atoms with van der Waals surface area (Å²) in [6, 6.07) is 8.23. The molecule has 0 fully saturated rings.